The van der Waals surface area contributed by atoms with Crippen LogP contribution >= 0.6 is 0 Å². The number of morpholine rings is 1. The third-order valence-corrected chi connectivity index (χ3v) is 10.0. The third-order valence-electron chi connectivity index (χ3n) is 10.0. The topological polar surface area (TPSA) is 150 Å². The van der Waals surface area contributed by atoms with Crippen LogP contribution in [0.3, 0.4) is 0 Å². The molecule has 2 aliphatic heterocycles. The van der Waals surface area contributed by atoms with E-state index >= 15 is 0 Å². The van der Waals surface area contributed by atoms with Crippen molar-refractivity contribution in [1.82, 2.24) is 39.4 Å². The smallest absolute Gasteiger partial charge is 0.256 e. The molecule has 1 aromatic carbocycles. The minimum absolute atomic E-state index is 0.182. The van der Waals surface area contributed by atoms with Crippen LogP contribution in [0.2, 0.25) is 0 Å². The summed E-state index contributed by atoms with van der Waals surface area (Å²) < 4.78 is 27.7. The van der Waals surface area contributed by atoms with E-state index in [0.29, 0.717) is 67.1 Å². The average molecular weight is 697 g/mol. The van der Waals surface area contributed by atoms with Crippen LogP contribution < -0.4 is 14.8 Å². The lowest BCUT2D eigenvalue weighted by atomic mass is 9.89. The fourth-order valence-electron chi connectivity index (χ4n) is 7.58. The van der Waals surface area contributed by atoms with E-state index in [1.165, 1.54) is 19.2 Å². The fraction of sp³-hybridized carbons (Fsp3) is 0.568. The molecule has 3 fully saturated rings. The van der Waals surface area contributed by atoms with Gasteiger partial charge in [0.2, 0.25) is 5.95 Å². The zero-order valence-electron chi connectivity index (χ0n) is 29.7. The summed E-state index contributed by atoms with van der Waals surface area (Å²) in [5.41, 5.74) is 2.81. The first-order valence-electron chi connectivity index (χ1n) is 18.2. The molecular weight excluding hydrogens is 648 g/mol. The molecule has 51 heavy (non-hydrogen) atoms. The second-order valence-electron chi connectivity index (χ2n) is 14.1. The van der Waals surface area contributed by atoms with Crippen LogP contribution in [0.25, 0.3) is 11.1 Å². The molecule has 1 N–H and O–H groups in total. The number of rotatable bonds is 15. The van der Waals surface area contributed by atoms with Crippen LogP contribution in [-0.4, -0.2) is 96.2 Å². The van der Waals surface area contributed by atoms with Crippen molar-refractivity contribution < 1.29 is 18.9 Å². The minimum atomic E-state index is -0.230. The summed E-state index contributed by atoms with van der Waals surface area (Å²) in [6.45, 7) is 9.38. The zero-order valence-corrected chi connectivity index (χ0v) is 29.7. The van der Waals surface area contributed by atoms with E-state index in [2.05, 4.69) is 41.0 Å². The van der Waals surface area contributed by atoms with Crippen LogP contribution in [0.4, 0.5) is 11.6 Å². The maximum Gasteiger partial charge on any atom is 0.256 e. The van der Waals surface area contributed by atoms with Gasteiger partial charge in [-0.2, -0.15) is 10.4 Å². The summed E-state index contributed by atoms with van der Waals surface area (Å²) >= 11 is 0. The van der Waals surface area contributed by atoms with Crippen molar-refractivity contribution in [2.75, 3.05) is 31.7 Å². The highest BCUT2D eigenvalue weighted by Crippen LogP contribution is 2.39. The van der Waals surface area contributed by atoms with Crippen molar-refractivity contribution in [2.45, 2.75) is 109 Å². The number of nitriles is 1. The van der Waals surface area contributed by atoms with Gasteiger partial charge in [0, 0.05) is 42.5 Å². The predicted molar refractivity (Wildman–Crippen MR) is 190 cm³/mol. The molecule has 14 heteroatoms. The maximum atomic E-state index is 9.70. The standard InChI is InChI=1S/C37H48N10O4/c1-25(2)49-13-4-14-50-36-34(20-46(44-36)30-7-9-31(10-8-30)47-32-11-12-33(47)22-48-21-32)43-37-40-17-29(18-41-37)27-5-6-28(16-38)35(15-27)51-26(3)19-45-24-39-23-42-45/h5-6,15,17-18,20,23-26,30-33H,4,7-14,19,21-22H2,1-3H3,(H,40,41,43)/t26-,30-,31-,32-,33+/m0/s1. The lowest BCUT2D eigenvalue weighted by Crippen LogP contribution is -2.52. The summed E-state index contributed by atoms with van der Waals surface area (Å²) in [7, 11) is 0. The van der Waals surface area contributed by atoms with Gasteiger partial charge in [0.15, 0.2) is 0 Å². The number of anilines is 2. The first-order valence-corrected chi connectivity index (χ1v) is 18.2. The molecule has 270 valence electrons. The Labute approximate surface area is 299 Å². The highest BCUT2D eigenvalue weighted by atomic mass is 16.5. The Hall–Kier alpha value is -4.58. The van der Waals surface area contributed by atoms with Crippen LogP contribution in [0, 0.1) is 11.3 Å². The van der Waals surface area contributed by atoms with E-state index in [-0.39, 0.29) is 12.2 Å². The molecule has 2 bridgehead atoms. The monoisotopic (exact) mass is 696 g/mol. The zero-order chi connectivity index (χ0) is 35.2. The Morgan fingerprint density at radius 2 is 1.71 bits per heavy atom. The van der Waals surface area contributed by atoms with E-state index in [0.717, 1.165) is 62.1 Å². The molecule has 0 radical (unpaired) electrons. The quantitative estimate of drug-likeness (QED) is 0.155. The van der Waals surface area contributed by atoms with Crippen molar-refractivity contribution in [3.05, 3.63) is 55.0 Å². The second-order valence-corrected chi connectivity index (χ2v) is 14.1. The lowest BCUT2D eigenvalue weighted by Gasteiger charge is -2.43. The summed E-state index contributed by atoms with van der Waals surface area (Å²) in [5, 5.41) is 22.1. The minimum Gasteiger partial charge on any atom is -0.487 e. The van der Waals surface area contributed by atoms with E-state index in [9.17, 15) is 5.26 Å². The van der Waals surface area contributed by atoms with Gasteiger partial charge in [-0.25, -0.2) is 19.6 Å². The van der Waals surface area contributed by atoms with Crippen molar-refractivity contribution >= 4 is 11.6 Å². The summed E-state index contributed by atoms with van der Waals surface area (Å²) in [6, 6.07) is 9.79. The maximum absolute atomic E-state index is 9.70. The fourth-order valence-corrected chi connectivity index (χ4v) is 7.58. The molecule has 0 unspecified atom stereocenters. The summed E-state index contributed by atoms with van der Waals surface area (Å²) in [6.07, 6.45) is 16.4. The highest BCUT2D eigenvalue weighted by Gasteiger charge is 2.42. The molecule has 14 nitrogen and oxygen atoms in total. The Morgan fingerprint density at radius 1 is 0.961 bits per heavy atom. The average Bonchev–Trinajstić information content (AvgIpc) is 3.86. The van der Waals surface area contributed by atoms with Gasteiger partial charge in [-0.1, -0.05) is 6.07 Å². The van der Waals surface area contributed by atoms with Gasteiger partial charge in [-0.05, 0) is 77.0 Å². The molecular formula is C37H48N10O4. The van der Waals surface area contributed by atoms with Crippen LogP contribution in [0.1, 0.15) is 77.3 Å². The molecule has 4 aromatic rings. The van der Waals surface area contributed by atoms with Crippen molar-refractivity contribution in [3.63, 3.8) is 0 Å². The Kier molecular flexibility index (Phi) is 11.1. The largest absolute Gasteiger partial charge is 0.487 e. The molecule has 0 spiro atoms. The molecule has 3 atom stereocenters. The van der Waals surface area contributed by atoms with Crippen molar-refractivity contribution in [3.8, 4) is 28.8 Å². The molecule has 7 rings (SSSR count). The van der Waals surface area contributed by atoms with Crippen molar-refractivity contribution in [1.29, 1.82) is 5.26 Å². The molecule has 1 saturated carbocycles. The van der Waals surface area contributed by atoms with Crippen LogP contribution in [-0.2, 0) is 16.0 Å². The third kappa shape index (κ3) is 8.49. The first kappa shape index (κ1) is 34.9. The molecule has 5 heterocycles. The number of nitrogens with one attached hydrogen (secondary N) is 1. The summed E-state index contributed by atoms with van der Waals surface area (Å²) in [5.74, 6) is 1.46. The second kappa shape index (κ2) is 16.2. The van der Waals surface area contributed by atoms with Crippen LogP contribution in [0.5, 0.6) is 11.6 Å². The predicted octanol–water partition coefficient (Wildman–Crippen LogP) is 5.56. The summed E-state index contributed by atoms with van der Waals surface area (Å²) in [4.78, 5) is 16.0. The Morgan fingerprint density at radius 3 is 2.41 bits per heavy atom. The van der Waals surface area contributed by atoms with Gasteiger partial charge in [0.05, 0.1) is 56.9 Å². The normalized spacial score (nSPS) is 22.5. The molecule has 1 aliphatic carbocycles. The van der Waals surface area contributed by atoms with Crippen molar-refractivity contribution in [2.24, 2.45) is 0 Å². The van der Waals surface area contributed by atoms with E-state index < -0.39 is 0 Å². The molecule has 3 aromatic heterocycles. The van der Waals surface area contributed by atoms with Gasteiger partial charge < -0.3 is 24.3 Å². The number of aromatic nitrogens is 7. The van der Waals surface area contributed by atoms with E-state index in [1.807, 2.05) is 39.1 Å². The number of ether oxygens (including phenoxy) is 4. The van der Waals surface area contributed by atoms with Crippen LogP contribution in [0.15, 0.2) is 49.4 Å². The SMILES string of the molecule is CC(C)OCCCOc1nn([C@H]2CC[C@H](N3[C@@H]4CC[C@H]3COC4)CC2)cc1Nc1ncc(-c2ccc(C#N)c(O[C@@H](C)Cn3cncn3)c2)cn1. The van der Waals surface area contributed by atoms with E-state index in [4.69, 9.17) is 24.0 Å². The van der Waals surface area contributed by atoms with Gasteiger partial charge in [-0.15, -0.1) is 5.10 Å². The Balaban J connectivity index is 1.02. The van der Waals surface area contributed by atoms with E-state index in [1.54, 1.807) is 29.5 Å². The lowest BCUT2D eigenvalue weighted by molar-refractivity contribution is -0.0458. The molecule has 0 amide bonds. The number of hydrogen-bond donors (Lipinski definition) is 1. The Bertz CT molecular complexity index is 1730. The van der Waals surface area contributed by atoms with Gasteiger partial charge in [-0.3, -0.25) is 9.58 Å². The first-order chi connectivity index (χ1) is 24.9. The molecule has 3 aliphatic rings. The van der Waals surface area contributed by atoms with Gasteiger partial charge in [0.25, 0.3) is 5.88 Å². The van der Waals surface area contributed by atoms with Gasteiger partial charge >= 0.3 is 0 Å². The highest BCUT2D eigenvalue weighted by molar-refractivity contribution is 5.67. The molecule has 2 saturated heterocycles. The number of nitrogens with zero attached hydrogens (tertiary/aromatic N) is 9. The van der Waals surface area contributed by atoms with Gasteiger partial charge in [0.1, 0.15) is 36.3 Å². The number of benzene rings is 1. The number of hydrogen-bond acceptors (Lipinski definition) is 12. The number of fused-ring (bicyclic) bond motifs is 2.